The first-order valence-electron chi connectivity index (χ1n) is 3.66. The Kier molecular flexibility index (Phi) is 1.87. The van der Waals surface area contributed by atoms with Gasteiger partial charge in [-0.1, -0.05) is 0 Å². The third-order valence-corrected chi connectivity index (χ3v) is 1.59. The number of methoxy groups -OCH3 is 1. The van der Waals surface area contributed by atoms with Crippen LogP contribution in [-0.2, 0) is 0 Å². The molecule has 0 bridgehead atoms. The minimum absolute atomic E-state index is 0.789. The number of rotatable bonds is 2. The summed E-state index contributed by atoms with van der Waals surface area (Å²) in [6.07, 6.45) is 0. The van der Waals surface area contributed by atoms with E-state index in [9.17, 15) is 0 Å². The van der Waals surface area contributed by atoms with Gasteiger partial charge in [0, 0.05) is 0 Å². The molecule has 66 valence electrons. The summed E-state index contributed by atoms with van der Waals surface area (Å²) in [5.74, 6) is 0.789. The lowest BCUT2D eigenvalue weighted by atomic mass is 10.3. The number of nitrogens with zero attached hydrogens (tertiary/aromatic N) is 5. The summed E-state index contributed by atoms with van der Waals surface area (Å²) in [5.41, 5.74) is 0.797. The largest absolute Gasteiger partial charge is 0.497 e. The van der Waals surface area contributed by atoms with Gasteiger partial charge in [0.25, 0.3) is 0 Å². The third kappa shape index (κ3) is 1.46. The molecule has 2 rings (SSSR count). The van der Waals surface area contributed by atoms with Gasteiger partial charge >= 0.3 is 0 Å². The van der Waals surface area contributed by atoms with E-state index < -0.39 is 0 Å². The molecular weight excluding hydrogens is 171 g/mol. The SMILES string of the molecule is COc1ccc(-[15n]2nnnn2)cc1. The molecule has 0 aliphatic rings. The van der Waals surface area contributed by atoms with Crippen LogP contribution in [0.1, 0.15) is 0 Å². The fraction of sp³-hybridized carbons (Fsp3) is 0.143. The Hall–Kier alpha value is -1.98. The molecule has 6 heteroatoms. The minimum atomic E-state index is 0.789. The minimum Gasteiger partial charge on any atom is -0.497 e. The van der Waals surface area contributed by atoms with Crippen LogP contribution in [0.5, 0.6) is 5.75 Å². The molecule has 0 spiro atoms. The van der Waals surface area contributed by atoms with Crippen molar-refractivity contribution in [3.05, 3.63) is 24.3 Å². The average molecular weight is 178 g/mol. The van der Waals surface area contributed by atoms with Crippen LogP contribution in [0, 0.1) is 0 Å². The van der Waals surface area contributed by atoms with Crippen molar-refractivity contribution in [1.29, 1.82) is 0 Å². The van der Waals surface area contributed by atoms with Crippen molar-refractivity contribution in [2.24, 2.45) is 0 Å². The molecule has 0 aliphatic heterocycles. The van der Waals surface area contributed by atoms with Gasteiger partial charge in [0.2, 0.25) is 0 Å². The van der Waals surface area contributed by atoms with Crippen molar-refractivity contribution in [2.75, 3.05) is 7.11 Å². The second kappa shape index (κ2) is 3.18. The van der Waals surface area contributed by atoms with Crippen LogP contribution in [-0.4, -0.2) is 32.8 Å². The van der Waals surface area contributed by atoms with Crippen LogP contribution in [0.4, 0.5) is 0 Å². The Labute approximate surface area is 74.1 Å². The van der Waals surface area contributed by atoms with Gasteiger partial charge in [-0.05, 0) is 45.1 Å². The van der Waals surface area contributed by atoms with Gasteiger partial charge in [-0.2, -0.15) is 0 Å². The lowest BCUT2D eigenvalue weighted by molar-refractivity contribution is 0.414. The third-order valence-electron chi connectivity index (χ3n) is 1.59. The zero-order chi connectivity index (χ0) is 9.10. The van der Waals surface area contributed by atoms with E-state index >= 15 is 0 Å². The van der Waals surface area contributed by atoms with Gasteiger partial charge in [-0.25, -0.2) is 0 Å². The molecule has 1 aromatic carbocycles. The standard InChI is InChI=1S/C7H7N5O/c1-13-7-4-2-6(3-5-7)12-10-8-9-11-12/h2-5H,1H3/i12+1. The highest BCUT2D eigenvalue weighted by Crippen LogP contribution is 2.12. The monoisotopic (exact) mass is 178 g/mol. The predicted molar refractivity (Wildman–Crippen MR) is 43.5 cm³/mol. The van der Waals surface area contributed by atoms with Crippen molar-refractivity contribution in [3.8, 4) is 11.4 Å². The maximum Gasteiger partial charge on any atom is 0.119 e. The number of aromatic nitrogens is 5. The molecule has 1 heterocycles. The molecule has 0 saturated heterocycles. The van der Waals surface area contributed by atoms with E-state index in [0.29, 0.717) is 0 Å². The molecule has 6 nitrogen and oxygen atoms in total. The molecule has 0 aliphatic carbocycles. The molecule has 0 saturated carbocycles. The van der Waals surface area contributed by atoms with E-state index in [4.69, 9.17) is 4.74 Å². The number of ether oxygens (including phenoxy) is 1. The maximum absolute atomic E-state index is 5.01. The van der Waals surface area contributed by atoms with Crippen LogP contribution in [0.25, 0.3) is 5.69 Å². The maximum atomic E-state index is 5.01. The number of hydrogen-bond acceptors (Lipinski definition) is 5. The lowest BCUT2D eigenvalue weighted by Gasteiger charge is -1.99. The summed E-state index contributed by atoms with van der Waals surface area (Å²) in [6, 6.07) is 7.28. The van der Waals surface area contributed by atoms with Crippen LogP contribution < -0.4 is 4.74 Å². The van der Waals surface area contributed by atoms with Gasteiger partial charge in [-0.15, -0.1) is 4.80 Å². The average Bonchev–Trinajstić information content (AvgIpc) is 2.71. The molecule has 13 heavy (non-hydrogen) atoms. The number of benzene rings is 1. The zero-order valence-electron chi connectivity index (χ0n) is 6.95. The quantitative estimate of drug-likeness (QED) is 0.650. The highest BCUT2D eigenvalue weighted by atomic mass is 16.5. The van der Waals surface area contributed by atoms with Crippen LogP contribution in [0.15, 0.2) is 24.3 Å². The Balaban J connectivity index is 2.33. The molecule has 0 radical (unpaired) electrons. The van der Waals surface area contributed by atoms with E-state index in [1.807, 2.05) is 24.3 Å². The van der Waals surface area contributed by atoms with Gasteiger partial charge < -0.3 is 4.74 Å². The molecule has 0 N–H and O–H groups in total. The van der Waals surface area contributed by atoms with Gasteiger partial charge in [0.15, 0.2) is 0 Å². The fourth-order valence-corrected chi connectivity index (χ4v) is 0.948. The summed E-state index contributed by atoms with van der Waals surface area (Å²) in [6.45, 7) is 0. The Morgan fingerprint density at radius 1 is 1.08 bits per heavy atom. The zero-order valence-corrected chi connectivity index (χ0v) is 6.95. The van der Waals surface area contributed by atoms with E-state index in [1.54, 1.807) is 7.11 Å². The Morgan fingerprint density at radius 3 is 2.23 bits per heavy atom. The molecular formula is C7H7N5O. The molecule has 0 fully saturated rings. The molecule has 0 amide bonds. The smallest absolute Gasteiger partial charge is 0.119 e. The normalized spacial score (nSPS) is 9.92. The van der Waals surface area contributed by atoms with Gasteiger partial charge in [0.1, 0.15) is 5.75 Å². The Bertz CT molecular complexity index is 368. The highest BCUT2D eigenvalue weighted by molar-refractivity contribution is 5.35. The first-order valence-corrected chi connectivity index (χ1v) is 3.66. The predicted octanol–water partition coefficient (Wildman–Crippen LogP) is 0.0659. The first kappa shape index (κ1) is 7.66. The van der Waals surface area contributed by atoms with Crippen LogP contribution >= 0.6 is 0 Å². The lowest BCUT2D eigenvalue weighted by Crippen LogP contribution is -1.98. The molecule has 0 atom stereocenters. The van der Waals surface area contributed by atoms with E-state index in [1.165, 1.54) is 4.80 Å². The topological polar surface area (TPSA) is 65.7 Å². The van der Waals surface area contributed by atoms with Crippen molar-refractivity contribution in [2.45, 2.75) is 0 Å². The van der Waals surface area contributed by atoms with E-state index in [2.05, 4.69) is 20.9 Å². The second-order valence-corrected chi connectivity index (χ2v) is 2.35. The summed E-state index contributed by atoms with van der Waals surface area (Å²) >= 11 is 0. The van der Waals surface area contributed by atoms with E-state index in [-0.39, 0.29) is 0 Å². The van der Waals surface area contributed by atoms with Crippen molar-refractivity contribution in [3.63, 3.8) is 0 Å². The Morgan fingerprint density at radius 2 is 1.69 bits per heavy atom. The van der Waals surface area contributed by atoms with Crippen molar-refractivity contribution < 1.29 is 4.74 Å². The summed E-state index contributed by atoms with van der Waals surface area (Å²) < 4.78 is 5.01. The number of hydrogen-bond donors (Lipinski definition) is 0. The van der Waals surface area contributed by atoms with E-state index in [0.717, 1.165) is 11.4 Å². The molecule has 0 unspecified atom stereocenters. The van der Waals surface area contributed by atoms with Gasteiger partial charge in [-0.3, -0.25) is 0 Å². The van der Waals surface area contributed by atoms with Crippen molar-refractivity contribution in [1.82, 2.24) is 25.7 Å². The summed E-state index contributed by atoms with van der Waals surface area (Å²) in [5, 5.41) is 14.0. The van der Waals surface area contributed by atoms with Crippen LogP contribution in [0.2, 0.25) is 0 Å². The van der Waals surface area contributed by atoms with Gasteiger partial charge in [0.05, 0.1) is 12.8 Å². The molecule has 1 aromatic heterocycles. The van der Waals surface area contributed by atoms with Crippen LogP contribution in [0.3, 0.4) is 0 Å². The molecule has 2 aromatic rings. The summed E-state index contributed by atoms with van der Waals surface area (Å²) in [7, 11) is 1.62. The summed E-state index contributed by atoms with van der Waals surface area (Å²) in [4.78, 5) is 1.33. The van der Waals surface area contributed by atoms with Crippen molar-refractivity contribution >= 4 is 0 Å². The first-order chi connectivity index (χ1) is 6.40. The fourth-order valence-electron chi connectivity index (χ4n) is 0.948. The highest BCUT2D eigenvalue weighted by Gasteiger charge is 1.98. The second-order valence-electron chi connectivity index (χ2n) is 2.35.